The number of hydrogen-bond acceptors (Lipinski definition) is 4. The van der Waals surface area contributed by atoms with Crippen LogP contribution in [0.5, 0.6) is 5.75 Å². The monoisotopic (exact) mass is 395 g/mol. The Hall–Kier alpha value is -3.09. The van der Waals surface area contributed by atoms with E-state index in [4.69, 9.17) is 4.74 Å². The summed E-state index contributed by atoms with van der Waals surface area (Å²) in [5, 5.41) is 2.85. The van der Waals surface area contributed by atoms with Gasteiger partial charge >= 0.3 is 6.03 Å². The number of aromatic amines is 1. The fraction of sp³-hybridized carbons (Fsp3) is 0.409. The lowest BCUT2D eigenvalue weighted by Crippen LogP contribution is -2.57. The van der Waals surface area contributed by atoms with Gasteiger partial charge in [-0.05, 0) is 50.5 Å². The molecule has 1 fully saturated rings. The number of urea groups is 1. The number of para-hydroxylation sites is 1. The zero-order valence-corrected chi connectivity index (χ0v) is 16.7. The highest BCUT2D eigenvalue weighted by Gasteiger charge is 2.44. The van der Waals surface area contributed by atoms with Gasteiger partial charge < -0.3 is 19.9 Å². The zero-order valence-electron chi connectivity index (χ0n) is 16.7. The third kappa shape index (κ3) is 3.77. The molecule has 0 bridgehead atoms. The van der Waals surface area contributed by atoms with Crippen molar-refractivity contribution < 1.29 is 14.3 Å². The van der Waals surface area contributed by atoms with Crippen molar-refractivity contribution in [2.75, 3.05) is 13.1 Å². The third-order valence-corrected chi connectivity index (χ3v) is 5.73. The van der Waals surface area contributed by atoms with Gasteiger partial charge in [0.25, 0.3) is 5.56 Å². The van der Waals surface area contributed by atoms with Gasteiger partial charge in [0.15, 0.2) is 5.78 Å². The molecule has 4 rings (SSSR count). The van der Waals surface area contributed by atoms with E-state index in [1.54, 1.807) is 17.0 Å². The average Bonchev–Trinajstić information content (AvgIpc) is 2.67. The van der Waals surface area contributed by atoms with Crippen molar-refractivity contribution in [3.05, 3.63) is 63.1 Å². The first-order valence-corrected chi connectivity index (χ1v) is 9.90. The molecule has 1 aromatic heterocycles. The molecule has 2 N–H and O–H groups in total. The van der Waals surface area contributed by atoms with Gasteiger partial charge in [-0.25, -0.2) is 4.79 Å². The van der Waals surface area contributed by atoms with Gasteiger partial charge in [-0.15, -0.1) is 0 Å². The minimum atomic E-state index is -0.682. The maximum absolute atomic E-state index is 12.8. The molecule has 3 heterocycles. The summed E-state index contributed by atoms with van der Waals surface area (Å²) in [5.41, 5.74) is 1.93. The SMILES string of the molecule is Cc1cc(C)c(CNC(=O)N2CCCC3(CC(=O)c4ccccc4O3)C2)c(=O)[nH]1. The first-order chi connectivity index (χ1) is 13.9. The molecule has 2 aromatic rings. The molecule has 1 saturated heterocycles. The van der Waals surface area contributed by atoms with Crippen molar-refractivity contribution >= 4 is 11.8 Å². The van der Waals surface area contributed by atoms with E-state index in [0.717, 1.165) is 24.1 Å². The summed E-state index contributed by atoms with van der Waals surface area (Å²) in [5.74, 6) is 0.642. The number of benzene rings is 1. The number of rotatable bonds is 2. The van der Waals surface area contributed by atoms with Gasteiger partial charge in [0.1, 0.15) is 11.4 Å². The van der Waals surface area contributed by atoms with E-state index in [1.807, 2.05) is 32.0 Å². The standard InChI is InChI=1S/C22H25N3O4/c1-14-10-15(2)24-20(27)17(14)12-23-21(28)25-9-5-8-22(13-25)11-18(26)16-6-3-4-7-19(16)29-22/h3-4,6-7,10H,5,8-9,11-13H2,1-2H3,(H,23,28)(H,24,27). The van der Waals surface area contributed by atoms with E-state index in [0.29, 0.717) is 30.0 Å². The predicted molar refractivity (Wildman–Crippen MR) is 108 cm³/mol. The molecule has 1 aromatic carbocycles. The molecule has 2 aliphatic rings. The summed E-state index contributed by atoms with van der Waals surface area (Å²) in [6.45, 7) is 4.79. The number of carbonyl (C=O) groups is 2. The van der Waals surface area contributed by atoms with Crippen LogP contribution in [0.2, 0.25) is 0 Å². The van der Waals surface area contributed by atoms with Crippen LogP contribution in [0, 0.1) is 13.8 Å². The van der Waals surface area contributed by atoms with Crippen molar-refractivity contribution in [2.24, 2.45) is 0 Å². The Morgan fingerprint density at radius 3 is 2.86 bits per heavy atom. The van der Waals surface area contributed by atoms with Crippen LogP contribution in [-0.4, -0.2) is 40.4 Å². The van der Waals surface area contributed by atoms with E-state index < -0.39 is 5.60 Å². The number of aromatic nitrogens is 1. The summed E-state index contributed by atoms with van der Waals surface area (Å²) in [7, 11) is 0. The van der Waals surface area contributed by atoms with Crippen molar-refractivity contribution in [2.45, 2.75) is 45.3 Å². The molecule has 0 radical (unpaired) electrons. The van der Waals surface area contributed by atoms with E-state index in [1.165, 1.54) is 0 Å². The molecule has 7 nitrogen and oxygen atoms in total. The summed E-state index contributed by atoms with van der Waals surface area (Å²) in [4.78, 5) is 42.0. The number of nitrogens with zero attached hydrogens (tertiary/aromatic N) is 1. The second-order valence-electron chi connectivity index (χ2n) is 8.01. The van der Waals surface area contributed by atoms with Crippen LogP contribution in [0.25, 0.3) is 0 Å². The molecule has 0 saturated carbocycles. The van der Waals surface area contributed by atoms with Gasteiger partial charge in [0, 0.05) is 17.8 Å². The highest BCUT2D eigenvalue weighted by Crippen LogP contribution is 2.38. The molecular weight excluding hydrogens is 370 g/mol. The number of carbonyl (C=O) groups excluding carboxylic acids is 2. The molecule has 1 atom stereocenters. The lowest BCUT2D eigenvalue weighted by molar-refractivity contribution is -0.00663. The highest BCUT2D eigenvalue weighted by atomic mass is 16.5. The number of nitrogens with one attached hydrogen (secondary N) is 2. The average molecular weight is 395 g/mol. The number of ketones is 1. The van der Waals surface area contributed by atoms with Crippen LogP contribution in [0.3, 0.4) is 0 Å². The smallest absolute Gasteiger partial charge is 0.317 e. The molecule has 1 spiro atoms. The van der Waals surface area contributed by atoms with E-state index >= 15 is 0 Å². The summed E-state index contributed by atoms with van der Waals surface area (Å²) >= 11 is 0. The lowest BCUT2D eigenvalue weighted by Gasteiger charge is -2.44. The Kier molecular flexibility index (Phi) is 4.90. The molecule has 29 heavy (non-hydrogen) atoms. The fourth-order valence-corrected chi connectivity index (χ4v) is 4.32. The van der Waals surface area contributed by atoms with Gasteiger partial charge in [-0.3, -0.25) is 9.59 Å². The van der Waals surface area contributed by atoms with Gasteiger partial charge in [0.2, 0.25) is 0 Å². The Morgan fingerprint density at radius 2 is 2.07 bits per heavy atom. The number of piperidine rings is 1. The van der Waals surface area contributed by atoms with Gasteiger partial charge in [-0.1, -0.05) is 12.1 Å². The lowest BCUT2D eigenvalue weighted by atomic mass is 9.83. The number of amides is 2. The number of Topliss-reactive ketones (excluding diaryl/α,β-unsaturated/α-hetero) is 1. The Morgan fingerprint density at radius 1 is 1.28 bits per heavy atom. The number of likely N-dealkylation sites (tertiary alicyclic amines) is 1. The largest absolute Gasteiger partial charge is 0.484 e. The third-order valence-electron chi connectivity index (χ3n) is 5.73. The van der Waals surface area contributed by atoms with Crippen molar-refractivity contribution in [3.8, 4) is 5.75 Å². The van der Waals surface area contributed by atoms with E-state index in [9.17, 15) is 14.4 Å². The number of fused-ring (bicyclic) bond motifs is 1. The van der Waals surface area contributed by atoms with Crippen LogP contribution < -0.4 is 15.6 Å². The Labute approximate surface area is 169 Å². The quantitative estimate of drug-likeness (QED) is 0.818. The first-order valence-electron chi connectivity index (χ1n) is 9.90. The van der Waals surface area contributed by atoms with Crippen LogP contribution in [0.4, 0.5) is 4.79 Å². The molecule has 152 valence electrons. The number of ether oxygens (including phenoxy) is 1. The van der Waals surface area contributed by atoms with Crippen LogP contribution in [0.15, 0.2) is 35.1 Å². The molecule has 7 heteroatoms. The normalized spacial score (nSPS) is 20.9. The maximum atomic E-state index is 12.8. The minimum Gasteiger partial charge on any atom is -0.484 e. The molecular formula is C22H25N3O4. The van der Waals surface area contributed by atoms with Crippen LogP contribution in [0.1, 0.15) is 46.4 Å². The van der Waals surface area contributed by atoms with Crippen LogP contribution in [-0.2, 0) is 6.54 Å². The fourth-order valence-electron chi connectivity index (χ4n) is 4.32. The molecule has 2 amide bonds. The maximum Gasteiger partial charge on any atom is 0.317 e. The number of pyridine rings is 1. The van der Waals surface area contributed by atoms with E-state index in [2.05, 4.69) is 10.3 Å². The summed E-state index contributed by atoms with van der Waals surface area (Å²) in [6.07, 6.45) is 1.76. The van der Waals surface area contributed by atoms with Crippen molar-refractivity contribution in [1.29, 1.82) is 0 Å². The summed E-state index contributed by atoms with van der Waals surface area (Å²) < 4.78 is 6.23. The topological polar surface area (TPSA) is 91.5 Å². The highest BCUT2D eigenvalue weighted by molar-refractivity contribution is 6.00. The Balaban J connectivity index is 1.46. The van der Waals surface area contributed by atoms with E-state index in [-0.39, 0.29) is 30.3 Å². The van der Waals surface area contributed by atoms with Gasteiger partial charge in [0.05, 0.1) is 25.1 Å². The second kappa shape index (κ2) is 7.39. The molecule has 2 aliphatic heterocycles. The molecule has 0 aliphatic carbocycles. The predicted octanol–water partition coefficient (Wildman–Crippen LogP) is 2.70. The minimum absolute atomic E-state index is 0.0518. The van der Waals surface area contributed by atoms with Crippen LogP contribution >= 0.6 is 0 Å². The number of hydrogen-bond donors (Lipinski definition) is 2. The van der Waals surface area contributed by atoms with Crippen molar-refractivity contribution in [3.63, 3.8) is 0 Å². The molecule has 1 unspecified atom stereocenters. The number of aryl methyl sites for hydroxylation is 2. The summed E-state index contributed by atoms with van der Waals surface area (Å²) in [6, 6.07) is 8.89. The van der Waals surface area contributed by atoms with Gasteiger partial charge in [-0.2, -0.15) is 0 Å². The number of H-pyrrole nitrogens is 1. The Bertz CT molecular complexity index is 1030. The zero-order chi connectivity index (χ0) is 20.6. The second-order valence-corrected chi connectivity index (χ2v) is 8.01. The van der Waals surface area contributed by atoms with Crippen molar-refractivity contribution in [1.82, 2.24) is 15.2 Å². The first kappa shape index (κ1) is 19.2.